The van der Waals surface area contributed by atoms with E-state index in [1.54, 1.807) is 19.1 Å². The van der Waals surface area contributed by atoms with Crippen molar-refractivity contribution in [3.63, 3.8) is 0 Å². The van der Waals surface area contributed by atoms with Gasteiger partial charge in [0.1, 0.15) is 35.5 Å². The van der Waals surface area contributed by atoms with Gasteiger partial charge in [-0.25, -0.2) is 4.79 Å². The number of aliphatic carboxylic acids is 1. The molecular formula is C40H63N7O8. The van der Waals surface area contributed by atoms with Crippen molar-refractivity contribution in [2.45, 2.75) is 146 Å². The molecule has 0 saturated heterocycles. The van der Waals surface area contributed by atoms with Crippen LogP contribution in [-0.4, -0.2) is 88.5 Å². The summed E-state index contributed by atoms with van der Waals surface area (Å²) in [4.78, 5) is 81.0. The fourth-order valence-electron chi connectivity index (χ4n) is 7.15. The predicted molar refractivity (Wildman–Crippen MR) is 208 cm³/mol. The van der Waals surface area contributed by atoms with Crippen LogP contribution in [0.3, 0.4) is 0 Å². The van der Waals surface area contributed by atoms with Crippen molar-refractivity contribution >= 4 is 35.5 Å². The zero-order chi connectivity index (χ0) is 40.2. The Balaban J connectivity index is 1.92. The first-order chi connectivity index (χ1) is 26.3. The van der Waals surface area contributed by atoms with Crippen LogP contribution in [0.1, 0.15) is 115 Å². The van der Waals surface area contributed by atoms with Crippen LogP contribution in [-0.2, 0) is 35.2 Å². The van der Waals surface area contributed by atoms with Crippen molar-refractivity contribution in [1.29, 1.82) is 0 Å². The molecule has 5 atom stereocenters. The molecular weight excluding hydrogens is 706 g/mol. The van der Waals surface area contributed by atoms with Crippen molar-refractivity contribution in [3.05, 3.63) is 42.0 Å². The molecule has 15 nitrogen and oxygen atoms in total. The van der Waals surface area contributed by atoms with Crippen molar-refractivity contribution in [2.75, 3.05) is 13.1 Å². The number of carbonyl (C=O) groups is 6. The summed E-state index contributed by atoms with van der Waals surface area (Å²) in [5, 5.41) is 33.9. The maximum Gasteiger partial charge on any atom is 0.326 e. The highest BCUT2D eigenvalue weighted by Gasteiger charge is 2.39. The number of carboxylic acids is 1. The van der Waals surface area contributed by atoms with E-state index in [2.05, 4.69) is 26.6 Å². The van der Waals surface area contributed by atoms with E-state index in [1.165, 1.54) is 12.1 Å². The molecule has 2 aliphatic rings. The molecule has 1 aliphatic heterocycles. The number of hydrogen-bond acceptors (Lipinski definition) is 9. The van der Waals surface area contributed by atoms with E-state index < -0.39 is 59.3 Å². The largest absolute Gasteiger partial charge is 0.508 e. The molecule has 55 heavy (non-hydrogen) atoms. The highest BCUT2D eigenvalue weighted by atomic mass is 16.4. The topological polar surface area (TPSA) is 255 Å². The number of phenolic OH excluding ortho intramolecular Hbond substituents is 1. The van der Waals surface area contributed by atoms with Crippen molar-refractivity contribution in [3.8, 4) is 5.75 Å². The third-order valence-electron chi connectivity index (χ3n) is 10.5. The molecule has 5 amide bonds. The van der Waals surface area contributed by atoms with Crippen LogP contribution in [0.2, 0.25) is 0 Å². The number of nitrogens with two attached hydrogens (primary N) is 2. The summed E-state index contributed by atoms with van der Waals surface area (Å²) in [5.41, 5.74) is 10.4. The highest BCUT2D eigenvalue weighted by molar-refractivity contribution is 5.98. The third-order valence-corrected chi connectivity index (χ3v) is 10.5. The minimum atomic E-state index is -1.56. The van der Waals surface area contributed by atoms with Crippen LogP contribution >= 0.6 is 0 Å². The summed E-state index contributed by atoms with van der Waals surface area (Å²) in [7, 11) is 0. The Morgan fingerprint density at radius 3 is 2.07 bits per heavy atom. The number of benzene rings is 1. The predicted octanol–water partition coefficient (Wildman–Crippen LogP) is 2.19. The molecule has 306 valence electrons. The first-order valence-corrected chi connectivity index (χ1v) is 19.9. The molecule has 0 unspecified atom stereocenters. The van der Waals surface area contributed by atoms with E-state index >= 15 is 0 Å². The Hall–Kier alpha value is -4.50. The van der Waals surface area contributed by atoms with E-state index in [9.17, 15) is 39.0 Å². The summed E-state index contributed by atoms with van der Waals surface area (Å²) in [6, 6.07) is 1.80. The monoisotopic (exact) mass is 769 g/mol. The van der Waals surface area contributed by atoms with Gasteiger partial charge in [0.25, 0.3) is 0 Å². The summed E-state index contributed by atoms with van der Waals surface area (Å²) < 4.78 is 0. The van der Waals surface area contributed by atoms with Gasteiger partial charge in [0.2, 0.25) is 29.5 Å². The second kappa shape index (κ2) is 23.4. The van der Waals surface area contributed by atoms with E-state index in [1.807, 2.05) is 12.2 Å². The van der Waals surface area contributed by atoms with Crippen LogP contribution in [0.4, 0.5) is 0 Å². The van der Waals surface area contributed by atoms with Gasteiger partial charge in [-0.15, -0.1) is 0 Å². The first-order valence-electron chi connectivity index (χ1n) is 19.9. The summed E-state index contributed by atoms with van der Waals surface area (Å²) in [5.74, 6) is -3.74. The van der Waals surface area contributed by atoms with Crippen LogP contribution in [0.25, 0.3) is 0 Å². The number of amides is 5. The second-order valence-corrected chi connectivity index (χ2v) is 15.2. The Morgan fingerprint density at radius 2 is 1.45 bits per heavy atom. The maximum absolute atomic E-state index is 14.4. The van der Waals surface area contributed by atoms with Gasteiger partial charge in [0, 0.05) is 12.8 Å². The van der Waals surface area contributed by atoms with Crippen LogP contribution in [0.15, 0.2) is 36.4 Å². The molecule has 1 saturated carbocycles. The molecule has 15 heteroatoms. The van der Waals surface area contributed by atoms with E-state index in [-0.39, 0.29) is 49.7 Å². The molecule has 3 rings (SSSR count). The van der Waals surface area contributed by atoms with Crippen LogP contribution in [0, 0.1) is 5.92 Å². The summed E-state index contributed by atoms with van der Waals surface area (Å²) in [6.07, 6.45) is 12.5. The van der Waals surface area contributed by atoms with E-state index in [0.717, 1.165) is 25.7 Å². The van der Waals surface area contributed by atoms with Crippen LogP contribution in [0.5, 0.6) is 5.75 Å². The Bertz CT molecular complexity index is 1450. The molecule has 0 aromatic heterocycles. The molecule has 0 spiro atoms. The number of carboxylic acid groups (broad SMARTS) is 1. The highest BCUT2D eigenvalue weighted by Crippen LogP contribution is 2.29. The smallest absolute Gasteiger partial charge is 0.326 e. The number of hydrogen-bond donors (Lipinski definition) is 9. The number of nitrogens with one attached hydrogen (secondary N) is 5. The fraction of sp³-hybridized carbons (Fsp3) is 0.650. The third kappa shape index (κ3) is 15.6. The van der Waals surface area contributed by atoms with Crippen molar-refractivity contribution < 1.29 is 39.0 Å². The van der Waals surface area contributed by atoms with Gasteiger partial charge in [-0.2, -0.15) is 0 Å². The quantitative estimate of drug-likeness (QED) is 0.0825. The lowest BCUT2D eigenvalue weighted by atomic mass is 9.91. The standard InChI is InChI=1S/C40H63N7O8/c1-40(39(55)46-32(25-28-18-20-29(48)21-19-28)36(51)45-33(38(53)54)26-27-13-6-7-14-27)22-10-4-2-3-5-17-34(49)43-30(15-8-11-23-41)35(50)44-31(37(52)47-40)16-9-12-24-42/h2-3,18-21,27,30-33,48H,4-17,22-26,41-42H2,1H3,(H,43,49)(H,44,50)(H,45,51)(H,46,55)(H,47,52)(H,53,54)/b3-2-/t30-,31-,32-,33-,40-/m0/s1. The lowest BCUT2D eigenvalue weighted by Crippen LogP contribution is -2.64. The first kappa shape index (κ1) is 44.9. The number of phenols is 1. The summed E-state index contributed by atoms with van der Waals surface area (Å²) >= 11 is 0. The van der Waals surface area contributed by atoms with Gasteiger partial charge in [0.05, 0.1) is 0 Å². The zero-order valence-electron chi connectivity index (χ0n) is 32.3. The Morgan fingerprint density at radius 1 is 0.836 bits per heavy atom. The molecule has 1 heterocycles. The fourth-order valence-corrected chi connectivity index (χ4v) is 7.15. The molecule has 1 aromatic rings. The maximum atomic E-state index is 14.4. The molecule has 11 N–H and O–H groups in total. The minimum Gasteiger partial charge on any atom is -0.508 e. The van der Waals surface area contributed by atoms with E-state index in [0.29, 0.717) is 70.0 Å². The Labute approximate surface area is 324 Å². The van der Waals surface area contributed by atoms with Crippen LogP contribution < -0.4 is 38.1 Å². The van der Waals surface area contributed by atoms with Gasteiger partial charge >= 0.3 is 5.97 Å². The number of allylic oxidation sites excluding steroid dienone is 2. The van der Waals surface area contributed by atoms with Gasteiger partial charge in [-0.3, -0.25) is 24.0 Å². The average molecular weight is 770 g/mol. The SMILES string of the molecule is C[C@@]1(C(=O)N[C@@H](Cc2ccc(O)cc2)C(=O)N[C@@H](CC2CCCC2)C(=O)O)CCC/C=C\CCC(=O)N[C@@H](CCCCN)C(=O)N[C@@H](CCCCN)C(=O)N1. The van der Waals surface area contributed by atoms with Crippen molar-refractivity contribution in [2.24, 2.45) is 17.4 Å². The van der Waals surface area contributed by atoms with E-state index in [4.69, 9.17) is 11.5 Å². The van der Waals surface area contributed by atoms with Gasteiger partial charge in [-0.1, -0.05) is 50.0 Å². The normalized spacial score (nSPS) is 23.4. The number of rotatable bonds is 17. The number of unbranched alkanes of at least 4 members (excludes halogenated alkanes) is 2. The van der Waals surface area contributed by atoms with Gasteiger partial charge in [0.15, 0.2) is 0 Å². The Kier molecular flexibility index (Phi) is 19.1. The molecule has 1 aliphatic carbocycles. The molecule has 1 aromatic carbocycles. The minimum absolute atomic E-state index is 0.0176. The lowest BCUT2D eigenvalue weighted by molar-refractivity contribution is -0.143. The summed E-state index contributed by atoms with van der Waals surface area (Å²) in [6.45, 7) is 2.37. The van der Waals surface area contributed by atoms with Crippen molar-refractivity contribution in [1.82, 2.24) is 26.6 Å². The number of carbonyl (C=O) groups excluding carboxylic acids is 5. The van der Waals surface area contributed by atoms with Gasteiger partial charge < -0.3 is 48.3 Å². The number of aromatic hydroxyl groups is 1. The zero-order valence-corrected chi connectivity index (χ0v) is 32.3. The molecule has 0 radical (unpaired) electrons. The second-order valence-electron chi connectivity index (χ2n) is 15.2. The van der Waals surface area contributed by atoms with Gasteiger partial charge in [-0.05, 0) is 114 Å². The lowest BCUT2D eigenvalue weighted by Gasteiger charge is -2.34. The molecule has 1 fully saturated rings. The molecule has 0 bridgehead atoms. The average Bonchev–Trinajstić information content (AvgIpc) is 3.66.